The molecule has 0 spiro atoms. The van der Waals surface area contributed by atoms with Crippen molar-refractivity contribution >= 4 is 29.2 Å². The first-order chi connectivity index (χ1) is 15.1. The van der Waals surface area contributed by atoms with Gasteiger partial charge in [-0.05, 0) is 54.8 Å². The van der Waals surface area contributed by atoms with Crippen LogP contribution in [0.4, 0.5) is 10.5 Å². The number of nitrogens with one attached hydrogen (secondary N) is 1. The molecule has 4 rings (SSSR count). The van der Waals surface area contributed by atoms with Crippen molar-refractivity contribution in [3.05, 3.63) is 89.3 Å². The molecule has 0 atom stereocenters. The number of urea groups is 1. The van der Waals surface area contributed by atoms with Crippen molar-refractivity contribution in [3.8, 4) is 0 Å². The fraction of sp³-hybridized carbons (Fsp3) is 0.250. The summed E-state index contributed by atoms with van der Waals surface area (Å²) in [6.07, 6.45) is 3.40. The minimum atomic E-state index is -0.282. The Morgan fingerprint density at radius 2 is 1.71 bits per heavy atom. The molecule has 1 aliphatic rings. The zero-order valence-corrected chi connectivity index (χ0v) is 17.8. The number of amides is 3. The van der Waals surface area contributed by atoms with Gasteiger partial charge >= 0.3 is 6.03 Å². The number of rotatable bonds is 8. The molecule has 0 bridgehead atoms. The summed E-state index contributed by atoms with van der Waals surface area (Å²) in [7, 11) is 0. The fourth-order valence-electron chi connectivity index (χ4n) is 3.35. The first kappa shape index (κ1) is 21.0. The van der Waals surface area contributed by atoms with Crippen molar-refractivity contribution in [3.63, 3.8) is 0 Å². The van der Waals surface area contributed by atoms with Crippen LogP contribution in [0.25, 0.3) is 0 Å². The van der Waals surface area contributed by atoms with E-state index in [0.717, 1.165) is 18.4 Å². The molecule has 1 saturated carbocycles. The van der Waals surface area contributed by atoms with Gasteiger partial charge in [0.15, 0.2) is 0 Å². The number of halogens is 1. The van der Waals surface area contributed by atoms with Gasteiger partial charge in [-0.1, -0.05) is 41.9 Å². The van der Waals surface area contributed by atoms with Crippen molar-refractivity contribution in [2.45, 2.75) is 32.0 Å². The highest BCUT2D eigenvalue weighted by Crippen LogP contribution is 2.28. The lowest BCUT2D eigenvalue weighted by molar-refractivity contribution is -0.133. The molecular formula is C24H24ClN3O3. The van der Waals surface area contributed by atoms with Gasteiger partial charge in [0.05, 0.1) is 12.8 Å². The number of carbonyl (C=O) groups excluding carboxylic acids is 2. The second kappa shape index (κ2) is 9.71. The molecule has 7 heteroatoms. The Morgan fingerprint density at radius 1 is 0.968 bits per heavy atom. The van der Waals surface area contributed by atoms with E-state index < -0.39 is 0 Å². The third-order valence-electron chi connectivity index (χ3n) is 5.15. The first-order valence-electron chi connectivity index (χ1n) is 10.3. The predicted octanol–water partition coefficient (Wildman–Crippen LogP) is 5.16. The summed E-state index contributed by atoms with van der Waals surface area (Å²) >= 11 is 5.92. The summed E-state index contributed by atoms with van der Waals surface area (Å²) in [6, 6.07) is 20.2. The Morgan fingerprint density at radius 3 is 2.35 bits per heavy atom. The minimum absolute atomic E-state index is 0.0115. The number of nitrogens with zero attached hydrogens (tertiary/aromatic N) is 2. The predicted molar refractivity (Wildman–Crippen MR) is 120 cm³/mol. The molecule has 6 nitrogen and oxygen atoms in total. The summed E-state index contributed by atoms with van der Waals surface area (Å²) in [5.74, 6) is 0.575. The van der Waals surface area contributed by atoms with Gasteiger partial charge in [0.2, 0.25) is 5.91 Å². The fourth-order valence-corrected chi connectivity index (χ4v) is 3.48. The largest absolute Gasteiger partial charge is 0.467 e. The third kappa shape index (κ3) is 5.89. The molecule has 1 aromatic heterocycles. The van der Waals surface area contributed by atoms with E-state index in [1.807, 2.05) is 36.4 Å². The summed E-state index contributed by atoms with van der Waals surface area (Å²) in [5.41, 5.74) is 1.66. The van der Waals surface area contributed by atoms with E-state index in [9.17, 15) is 9.59 Å². The molecular weight excluding hydrogens is 414 g/mol. The van der Waals surface area contributed by atoms with E-state index in [1.54, 1.807) is 46.4 Å². The van der Waals surface area contributed by atoms with E-state index in [-0.39, 0.29) is 24.5 Å². The Bertz CT molecular complexity index is 1000. The van der Waals surface area contributed by atoms with Gasteiger partial charge in [-0.3, -0.25) is 4.79 Å². The number of carbonyl (C=O) groups is 2. The number of benzene rings is 2. The Hall–Kier alpha value is -3.25. The molecule has 160 valence electrons. The molecule has 0 saturated heterocycles. The van der Waals surface area contributed by atoms with Crippen molar-refractivity contribution in [2.24, 2.45) is 0 Å². The highest BCUT2D eigenvalue weighted by Gasteiger charge is 2.35. The van der Waals surface area contributed by atoms with Gasteiger partial charge in [-0.25, -0.2) is 4.79 Å². The third-order valence-corrected chi connectivity index (χ3v) is 5.40. The van der Waals surface area contributed by atoms with E-state index in [1.165, 1.54) is 0 Å². The second-order valence-electron chi connectivity index (χ2n) is 7.61. The van der Waals surface area contributed by atoms with Crippen molar-refractivity contribution in [1.82, 2.24) is 9.80 Å². The molecule has 0 unspecified atom stereocenters. The van der Waals surface area contributed by atoms with Gasteiger partial charge in [-0.2, -0.15) is 0 Å². The van der Waals surface area contributed by atoms with Crippen molar-refractivity contribution in [2.75, 3.05) is 11.9 Å². The Balaban J connectivity index is 1.46. The Kier molecular flexibility index (Phi) is 6.57. The van der Waals surface area contributed by atoms with E-state index in [0.29, 0.717) is 29.6 Å². The maximum atomic E-state index is 13.3. The molecule has 3 aromatic rings. The molecule has 31 heavy (non-hydrogen) atoms. The normalized spacial score (nSPS) is 12.9. The van der Waals surface area contributed by atoms with E-state index in [2.05, 4.69) is 5.32 Å². The quantitative estimate of drug-likeness (QED) is 0.529. The standard InChI is InChI=1S/C24H24ClN3O3/c25-19-8-10-20(11-9-19)26-24(30)28(21-12-13-21)17-23(29)27(16-22-7-4-14-31-22)15-18-5-2-1-3-6-18/h1-11,14,21H,12-13,15-17H2,(H,26,30). The molecule has 2 aromatic carbocycles. The van der Waals surface area contributed by atoms with Crippen LogP contribution in [0.3, 0.4) is 0 Å². The average molecular weight is 438 g/mol. The SMILES string of the molecule is O=C(CN(C(=O)Nc1ccc(Cl)cc1)C1CC1)N(Cc1ccccc1)Cc1ccco1. The lowest BCUT2D eigenvalue weighted by atomic mass is 10.2. The summed E-state index contributed by atoms with van der Waals surface area (Å²) in [4.78, 5) is 29.5. The molecule has 0 aliphatic heterocycles. The first-order valence-corrected chi connectivity index (χ1v) is 10.6. The van der Waals surface area contributed by atoms with Gasteiger partial charge in [0.25, 0.3) is 0 Å². The lowest BCUT2D eigenvalue weighted by Crippen LogP contribution is -2.45. The molecule has 1 N–H and O–H groups in total. The van der Waals surface area contributed by atoms with Crippen molar-refractivity contribution in [1.29, 1.82) is 0 Å². The van der Waals surface area contributed by atoms with Crippen LogP contribution in [-0.2, 0) is 17.9 Å². The van der Waals surface area contributed by atoms with Gasteiger partial charge in [0.1, 0.15) is 12.3 Å². The zero-order chi connectivity index (χ0) is 21.6. The number of anilines is 1. The van der Waals surface area contributed by atoms with Crippen LogP contribution in [-0.4, -0.2) is 34.3 Å². The maximum Gasteiger partial charge on any atom is 0.322 e. The van der Waals surface area contributed by atoms with Crippen LogP contribution in [0, 0.1) is 0 Å². The van der Waals surface area contributed by atoms with Gasteiger partial charge in [0, 0.05) is 23.3 Å². The van der Waals surface area contributed by atoms with E-state index in [4.69, 9.17) is 16.0 Å². The van der Waals surface area contributed by atoms with Crippen LogP contribution < -0.4 is 5.32 Å². The summed E-state index contributed by atoms with van der Waals surface area (Å²) in [5, 5.41) is 3.47. The van der Waals surface area contributed by atoms with Crippen LogP contribution in [0.1, 0.15) is 24.2 Å². The second-order valence-corrected chi connectivity index (χ2v) is 8.05. The van der Waals surface area contributed by atoms with Crippen LogP contribution in [0.5, 0.6) is 0 Å². The van der Waals surface area contributed by atoms with Crippen LogP contribution in [0.15, 0.2) is 77.4 Å². The maximum absolute atomic E-state index is 13.3. The lowest BCUT2D eigenvalue weighted by Gasteiger charge is -2.27. The topological polar surface area (TPSA) is 65.8 Å². The smallest absolute Gasteiger partial charge is 0.322 e. The molecule has 1 fully saturated rings. The Labute approximate surface area is 186 Å². The highest BCUT2D eigenvalue weighted by atomic mass is 35.5. The average Bonchev–Trinajstić information content (AvgIpc) is 3.49. The number of hydrogen-bond acceptors (Lipinski definition) is 3. The van der Waals surface area contributed by atoms with Crippen LogP contribution >= 0.6 is 11.6 Å². The van der Waals surface area contributed by atoms with Gasteiger partial charge in [-0.15, -0.1) is 0 Å². The molecule has 1 heterocycles. The minimum Gasteiger partial charge on any atom is -0.467 e. The monoisotopic (exact) mass is 437 g/mol. The zero-order valence-electron chi connectivity index (χ0n) is 17.0. The van der Waals surface area contributed by atoms with Crippen molar-refractivity contribution < 1.29 is 14.0 Å². The number of furan rings is 1. The summed E-state index contributed by atoms with van der Waals surface area (Å²) < 4.78 is 5.46. The van der Waals surface area contributed by atoms with E-state index >= 15 is 0 Å². The van der Waals surface area contributed by atoms with Gasteiger partial charge < -0.3 is 19.5 Å². The summed E-state index contributed by atoms with van der Waals surface area (Å²) in [6.45, 7) is 0.799. The van der Waals surface area contributed by atoms with Crippen LogP contribution in [0.2, 0.25) is 5.02 Å². The highest BCUT2D eigenvalue weighted by molar-refractivity contribution is 6.30. The molecule has 1 aliphatic carbocycles. The molecule has 0 radical (unpaired) electrons. The number of hydrogen-bond donors (Lipinski definition) is 1. The molecule has 3 amide bonds.